The fourth-order valence-electron chi connectivity index (χ4n) is 4.57. The van der Waals surface area contributed by atoms with E-state index < -0.39 is 5.41 Å². The molecule has 1 aliphatic rings. The molecule has 3 rings (SSSR count). The van der Waals surface area contributed by atoms with Gasteiger partial charge in [-0.2, -0.15) is 10.5 Å². The van der Waals surface area contributed by atoms with E-state index in [1.165, 1.54) is 0 Å². The van der Waals surface area contributed by atoms with Crippen molar-refractivity contribution in [1.82, 2.24) is 10.6 Å². The average Bonchev–Trinajstić information content (AvgIpc) is 2.87. The van der Waals surface area contributed by atoms with Gasteiger partial charge in [-0.1, -0.05) is 18.2 Å². The van der Waals surface area contributed by atoms with E-state index in [-0.39, 0.29) is 17.8 Å². The summed E-state index contributed by atoms with van der Waals surface area (Å²) in [6.45, 7) is 10.9. The molecule has 1 fully saturated rings. The first-order chi connectivity index (χ1) is 16.6. The number of hydrogen-bond donors (Lipinski definition) is 3. The molecular weight excluding hydrogens is 438 g/mol. The minimum atomic E-state index is -0.632. The lowest BCUT2D eigenvalue weighted by atomic mass is 9.81. The lowest BCUT2D eigenvalue weighted by molar-refractivity contribution is 0.0963. The number of piperazine rings is 1. The second kappa shape index (κ2) is 10.6. The van der Waals surface area contributed by atoms with Crippen LogP contribution in [0.1, 0.15) is 65.0 Å². The first-order valence-electron chi connectivity index (χ1n) is 11.7. The zero-order chi connectivity index (χ0) is 25.8. The van der Waals surface area contributed by atoms with Crippen molar-refractivity contribution in [2.75, 3.05) is 38.1 Å². The van der Waals surface area contributed by atoms with Crippen LogP contribution < -0.4 is 21.3 Å². The molecule has 0 aromatic heterocycles. The molecule has 0 bridgehead atoms. The van der Waals surface area contributed by atoms with Crippen molar-refractivity contribution in [3.05, 3.63) is 63.7 Å². The van der Waals surface area contributed by atoms with Crippen molar-refractivity contribution in [3.8, 4) is 12.1 Å². The molecular formula is C27H33N7O. The molecule has 1 saturated heterocycles. The van der Waals surface area contributed by atoms with Crippen molar-refractivity contribution in [2.24, 2.45) is 10.7 Å². The normalized spacial score (nSPS) is 15.2. The lowest BCUT2D eigenvalue weighted by Gasteiger charge is -2.31. The van der Waals surface area contributed by atoms with Crippen LogP contribution in [0.25, 0.3) is 0 Å². The van der Waals surface area contributed by atoms with Crippen LogP contribution in [0.4, 0.5) is 5.69 Å². The quantitative estimate of drug-likeness (QED) is 0.439. The summed E-state index contributed by atoms with van der Waals surface area (Å²) in [5.74, 6) is -0.107. The predicted octanol–water partition coefficient (Wildman–Crippen LogP) is 2.90. The maximum absolute atomic E-state index is 12.7. The Morgan fingerprint density at radius 1 is 1.23 bits per heavy atom. The number of hydrogen-bond acceptors (Lipinski definition) is 6. The molecule has 0 radical (unpaired) electrons. The summed E-state index contributed by atoms with van der Waals surface area (Å²) in [6, 6.07) is 13.6. The summed E-state index contributed by atoms with van der Waals surface area (Å²) in [6.07, 6.45) is 0. The molecule has 8 nitrogen and oxygen atoms in total. The van der Waals surface area contributed by atoms with Gasteiger partial charge >= 0.3 is 0 Å². The summed E-state index contributed by atoms with van der Waals surface area (Å²) in [7, 11) is 1.55. The third-order valence-corrected chi connectivity index (χ3v) is 6.57. The van der Waals surface area contributed by atoms with Crippen LogP contribution >= 0.6 is 0 Å². The van der Waals surface area contributed by atoms with Crippen LogP contribution in [0.3, 0.4) is 0 Å². The lowest BCUT2D eigenvalue weighted by Crippen LogP contribution is -2.44. The molecule has 1 atom stereocenters. The number of nitriles is 2. The van der Waals surface area contributed by atoms with Gasteiger partial charge in [-0.05, 0) is 56.5 Å². The average molecular weight is 472 g/mol. The molecule has 8 heteroatoms. The summed E-state index contributed by atoms with van der Waals surface area (Å²) >= 11 is 0. The van der Waals surface area contributed by atoms with E-state index in [9.17, 15) is 15.3 Å². The van der Waals surface area contributed by atoms with E-state index in [0.717, 1.165) is 48.6 Å². The zero-order valence-corrected chi connectivity index (χ0v) is 21.1. The molecule has 35 heavy (non-hydrogen) atoms. The second-order valence-corrected chi connectivity index (χ2v) is 9.29. The maximum atomic E-state index is 12.7. The number of nitrogens with two attached hydrogens (primary N) is 1. The highest BCUT2D eigenvalue weighted by Gasteiger charge is 2.25. The first kappa shape index (κ1) is 25.7. The van der Waals surface area contributed by atoms with Crippen molar-refractivity contribution in [3.63, 3.8) is 0 Å². The Balaban J connectivity index is 2.11. The highest BCUT2D eigenvalue weighted by atomic mass is 16.1. The largest absolute Gasteiger partial charge is 0.383 e. The van der Waals surface area contributed by atoms with Gasteiger partial charge < -0.3 is 21.3 Å². The second-order valence-electron chi connectivity index (χ2n) is 9.29. The van der Waals surface area contributed by atoms with E-state index in [2.05, 4.69) is 27.7 Å². The maximum Gasteiger partial charge on any atom is 0.251 e. The Labute approximate surface area is 207 Å². The SMILES string of the molecule is CNC(=O)c1cc(C#N)c(N2CCNCC2)cc1C(N)=N[C@H](C)c1cccc(C(C)(C)C#N)c1C. The van der Waals surface area contributed by atoms with Gasteiger partial charge in [0, 0.05) is 38.8 Å². The summed E-state index contributed by atoms with van der Waals surface area (Å²) < 4.78 is 0. The fourth-order valence-corrected chi connectivity index (χ4v) is 4.57. The van der Waals surface area contributed by atoms with Gasteiger partial charge in [0.05, 0.1) is 34.3 Å². The van der Waals surface area contributed by atoms with Gasteiger partial charge in [-0.3, -0.25) is 9.79 Å². The number of amides is 1. The molecule has 4 N–H and O–H groups in total. The zero-order valence-electron chi connectivity index (χ0n) is 21.1. The number of carbonyl (C=O) groups excluding carboxylic acids is 1. The molecule has 1 aliphatic heterocycles. The Morgan fingerprint density at radius 3 is 2.51 bits per heavy atom. The van der Waals surface area contributed by atoms with Gasteiger partial charge in [0.2, 0.25) is 0 Å². The van der Waals surface area contributed by atoms with E-state index >= 15 is 0 Å². The third kappa shape index (κ3) is 5.29. The van der Waals surface area contributed by atoms with Crippen LogP contribution in [0.15, 0.2) is 35.3 Å². The van der Waals surface area contributed by atoms with Gasteiger partial charge in [-0.15, -0.1) is 0 Å². The van der Waals surface area contributed by atoms with Crippen LogP contribution in [0.5, 0.6) is 0 Å². The summed E-state index contributed by atoms with van der Waals surface area (Å²) in [5.41, 5.74) is 10.8. The smallest absolute Gasteiger partial charge is 0.251 e. The van der Waals surface area contributed by atoms with E-state index in [1.54, 1.807) is 13.1 Å². The van der Waals surface area contributed by atoms with E-state index in [1.807, 2.05) is 52.0 Å². The van der Waals surface area contributed by atoms with Crippen molar-refractivity contribution < 1.29 is 4.79 Å². The topological polar surface area (TPSA) is 130 Å². The van der Waals surface area contributed by atoms with Crippen molar-refractivity contribution >= 4 is 17.4 Å². The van der Waals surface area contributed by atoms with Crippen molar-refractivity contribution in [2.45, 2.75) is 39.2 Å². The van der Waals surface area contributed by atoms with Crippen LogP contribution in [-0.4, -0.2) is 45.0 Å². The number of aliphatic imine (C=N–C) groups is 1. The number of anilines is 1. The monoisotopic (exact) mass is 471 g/mol. The molecule has 0 saturated carbocycles. The van der Waals surface area contributed by atoms with Crippen LogP contribution in [0, 0.1) is 29.6 Å². The fraction of sp³-hybridized carbons (Fsp3) is 0.407. The molecule has 1 heterocycles. The number of benzene rings is 2. The predicted molar refractivity (Wildman–Crippen MR) is 139 cm³/mol. The standard InChI is InChI=1S/C27H33N7O/c1-17-20(7-6-8-23(17)27(3,4)16-29)18(2)33-25(30)21-14-24(34-11-9-32-10-12-34)19(15-28)13-22(21)26(35)31-5/h6-8,13-14,18,32H,9-12H2,1-5H3,(H2,30,33)(H,31,35)/t18-/m1/s1. The van der Waals surface area contributed by atoms with Gasteiger partial charge in [0.25, 0.3) is 5.91 Å². The number of amidine groups is 1. The third-order valence-electron chi connectivity index (χ3n) is 6.57. The molecule has 2 aromatic rings. The molecule has 0 spiro atoms. The summed E-state index contributed by atoms with van der Waals surface area (Å²) in [5, 5.41) is 25.3. The molecule has 2 aromatic carbocycles. The highest BCUT2D eigenvalue weighted by molar-refractivity contribution is 6.10. The molecule has 0 aliphatic carbocycles. The van der Waals surface area contributed by atoms with Gasteiger partial charge in [-0.25, -0.2) is 0 Å². The Kier molecular flexibility index (Phi) is 7.78. The summed E-state index contributed by atoms with van der Waals surface area (Å²) in [4.78, 5) is 19.6. The minimum absolute atomic E-state index is 0.223. The van der Waals surface area contributed by atoms with Gasteiger partial charge in [0.15, 0.2) is 0 Å². The number of nitrogens with zero attached hydrogens (tertiary/aromatic N) is 4. The molecule has 1 amide bonds. The number of rotatable bonds is 6. The van der Waals surface area contributed by atoms with Crippen molar-refractivity contribution in [1.29, 1.82) is 10.5 Å². The van der Waals surface area contributed by atoms with E-state index in [0.29, 0.717) is 16.7 Å². The first-order valence-corrected chi connectivity index (χ1v) is 11.7. The van der Waals surface area contributed by atoms with Crippen LogP contribution in [-0.2, 0) is 5.41 Å². The number of carbonyl (C=O) groups is 1. The Hall–Kier alpha value is -3.88. The van der Waals surface area contributed by atoms with Gasteiger partial charge in [0.1, 0.15) is 11.9 Å². The highest BCUT2D eigenvalue weighted by Crippen LogP contribution is 2.32. The van der Waals surface area contributed by atoms with Crippen LogP contribution in [0.2, 0.25) is 0 Å². The minimum Gasteiger partial charge on any atom is -0.383 e. The Bertz CT molecular complexity index is 1230. The van der Waals surface area contributed by atoms with E-state index in [4.69, 9.17) is 10.7 Å². The molecule has 182 valence electrons. The number of nitrogens with one attached hydrogen (secondary N) is 2. The Morgan fingerprint density at radius 2 is 1.91 bits per heavy atom. The molecule has 0 unspecified atom stereocenters.